The van der Waals surface area contributed by atoms with E-state index in [2.05, 4.69) is 50.9 Å². The zero-order valence-corrected chi connectivity index (χ0v) is 23.5. The molecule has 4 nitrogen and oxygen atoms in total. The van der Waals surface area contributed by atoms with Crippen LogP contribution in [-0.2, 0) is 22.6 Å². The van der Waals surface area contributed by atoms with Gasteiger partial charge in [-0.15, -0.1) is 23.2 Å². The van der Waals surface area contributed by atoms with Gasteiger partial charge in [-0.25, -0.2) is 4.21 Å². The molecule has 2 aromatic rings. The Balaban J connectivity index is 2.08. The maximum Gasteiger partial charge on any atom is 0.274 e. The summed E-state index contributed by atoms with van der Waals surface area (Å²) in [5.74, 6) is 2.64. The molecule has 0 aliphatic carbocycles. The largest absolute Gasteiger partial charge is 0.540 e. The maximum absolute atomic E-state index is 13.6. The maximum atomic E-state index is 13.6. The van der Waals surface area contributed by atoms with E-state index in [4.69, 9.17) is 32.4 Å². The van der Waals surface area contributed by atoms with Gasteiger partial charge in [0.2, 0.25) is 0 Å². The molecule has 1 unspecified atom stereocenters. The predicted octanol–water partition coefficient (Wildman–Crippen LogP) is 5.84. The molecule has 0 bridgehead atoms. The van der Waals surface area contributed by atoms with Gasteiger partial charge in [0.05, 0.1) is 15.7 Å². The van der Waals surface area contributed by atoms with E-state index in [0.29, 0.717) is 31.3 Å². The van der Waals surface area contributed by atoms with Crippen LogP contribution in [0.4, 0.5) is 0 Å². The van der Waals surface area contributed by atoms with Crippen LogP contribution in [0.2, 0.25) is 13.1 Å². The molecule has 2 aromatic carbocycles. The minimum atomic E-state index is -1.26. The van der Waals surface area contributed by atoms with Crippen LogP contribution >= 0.6 is 23.2 Å². The zero-order valence-electron chi connectivity index (χ0n) is 20.2. The summed E-state index contributed by atoms with van der Waals surface area (Å²) in [6, 6.07) is 10.0. The second-order valence-electron chi connectivity index (χ2n) is 9.44. The number of alkyl halides is 2. The van der Waals surface area contributed by atoms with Crippen molar-refractivity contribution in [3.05, 3.63) is 47.0 Å². The molecule has 0 N–H and O–H groups in total. The van der Waals surface area contributed by atoms with Gasteiger partial charge < -0.3 is 9.16 Å². The number of rotatable bonds is 10. The smallest absolute Gasteiger partial charge is 0.274 e. The van der Waals surface area contributed by atoms with Crippen molar-refractivity contribution in [2.24, 2.45) is 0 Å². The number of ether oxygens (including phenoxy) is 1. The van der Waals surface area contributed by atoms with E-state index >= 15 is 0 Å². The van der Waals surface area contributed by atoms with Crippen molar-refractivity contribution < 1.29 is 13.4 Å². The van der Waals surface area contributed by atoms with Gasteiger partial charge in [0.25, 0.3) is 9.04 Å². The molecule has 33 heavy (non-hydrogen) atoms. The molecular weight excluding hydrogens is 493 g/mol. The lowest BCUT2D eigenvalue weighted by Crippen LogP contribution is -2.32. The van der Waals surface area contributed by atoms with Gasteiger partial charge in [-0.2, -0.15) is 0 Å². The zero-order chi connectivity index (χ0) is 24.2. The molecule has 3 rings (SSSR count). The summed E-state index contributed by atoms with van der Waals surface area (Å²) in [4.78, 5) is 3.92. The van der Waals surface area contributed by atoms with Crippen molar-refractivity contribution in [2.45, 2.75) is 55.5 Å². The molecule has 1 radical (unpaired) electrons. The van der Waals surface area contributed by atoms with Gasteiger partial charge in [0, 0.05) is 53.8 Å². The summed E-state index contributed by atoms with van der Waals surface area (Å²) in [5.41, 5.74) is 2.89. The van der Waals surface area contributed by atoms with Crippen molar-refractivity contribution in [3.63, 3.8) is 0 Å². The van der Waals surface area contributed by atoms with Gasteiger partial charge in [-0.3, -0.25) is 4.90 Å². The van der Waals surface area contributed by atoms with Crippen LogP contribution in [0.3, 0.4) is 0 Å². The molecule has 0 saturated carbocycles. The highest BCUT2D eigenvalue weighted by Crippen LogP contribution is 2.47. The normalized spacial score (nSPS) is 15.5. The van der Waals surface area contributed by atoms with Crippen molar-refractivity contribution in [2.75, 3.05) is 38.0 Å². The fourth-order valence-electron chi connectivity index (χ4n) is 3.99. The van der Waals surface area contributed by atoms with Gasteiger partial charge in [-0.1, -0.05) is 39.0 Å². The number of halogens is 2. The molecule has 1 atom stereocenters. The SMILES string of the molecule is C[Si](C)Oc1c(C(C)(C)C)cc2c(c1OCCN(CCCl)CCCl)Cc1ccccc1S2=O. The molecule has 0 saturated heterocycles. The third kappa shape index (κ3) is 6.34. The summed E-state index contributed by atoms with van der Waals surface area (Å²) >= 11 is 11.9. The van der Waals surface area contributed by atoms with Crippen LogP contribution in [-0.4, -0.2) is 56.2 Å². The number of fused-ring (bicyclic) bond motifs is 2. The van der Waals surface area contributed by atoms with Crippen molar-refractivity contribution in [3.8, 4) is 11.5 Å². The monoisotopic (exact) mass is 526 g/mol. The number of hydrogen-bond acceptors (Lipinski definition) is 4. The van der Waals surface area contributed by atoms with Crippen molar-refractivity contribution in [1.82, 2.24) is 4.90 Å². The lowest BCUT2D eigenvalue weighted by molar-refractivity contribution is 0.219. The van der Waals surface area contributed by atoms with E-state index < -0.39 is 19.8 Å². The fourth-order valence-corrected chi connectivity index (χ4v) is 6.51. The van der Waals surface area contributed by atoms with Gasteiger partial charge in [-0.05, 0) is 36.2 Å². The lowest BCUT2D eigenvalue weighted by Gasteiger charge is -2.31. The predicted molar refractivity (Wildman–Crippen MR) is 141 cm³/mol. The Kier molecular flexibility index (Phi) is 9.32. The molecular formula is C25H34Cl2NO3SSi. The first-order valence-corrected chi connectivity index (χ1v) is 15.9. The number of hydrogen-bond donors (Lipinski definition) is 0. The standard InChI is InChI=1S/C25H34Cl2NO3SSi/c1-25(2,3)20-17-22-19(16-18-8-6-7-9-21(18)32(22)29)23(24(20)31-33(4)5)30-15-14-28(12-10-26)13-11-27/h6-9,17H,10-16H2,1-5H3. The topological polar surface area (TPSA) is 38.8 Å². The average Bonchev–Trinajstić information content (AvgIpc) is 2.74. The average molecular weight is 528 g/mol. The molecule has 8 heteroatoms. The molecule has 181 valence electrons. The Morgan fingerprint density at radius 3 is 2.30 bits per heavy atom. The molecule has 1 aliphatic rings. The van der Waals surface area contributed by atoms with Crippen LogP contribution in [0.15, 0.2) is 40.1 Å². The van der Waals surface area contributed by atoms with Crippen LogP contribution in [0, 0.1) is 0 Å². The minimum absolute atomic E-state index is 0.190. The Bertz CT molecular complexity index is 988. The van der Waals surface area contributed by atoms with E-state index in [-0.39, 0.29) is 5.41 Å². The quantitative estimate of drug-likeness (QED) is 0.245. The highest BCUT2D eigenvalue weighted by molar-refractivity contribution is 7.85. The second kappa shape index (κ2) is 11.6. The molecule has 0 fully saturated rings. The second-order valence-corrected chi connectivity index (χ2v) is 13.6. The number of nitrogens with zero attached hydrogens (tertiary/aromatic N) is 1. The number of benzene rings is 2. The molecule has 0 amide bonds. The first kappa shape index (κ1) is 26.5. The van der Waals surface area contributed by atoms with Crippen LogP contribution < -0.4 is 9.16 Å². The lowest BCUT2D eigenvalue weighted by atomic mass is 9.84. The van der Waals surface area contributed by atoms with E-state index in [1.165, 1.54) is 0 Å². The molecule has 1 heterocycles. The Labute approximate surface area is 212 Å². The highest BCUT2D eigenvalue weighted by atomic mass is 35.5. The molecule has 1 aliphatic heterocycles. The Morgan fingerprint density at radius 2 is 1.70 bits per heavy atom. The highest BCUT2D eigenvalue weighted by Gasteiger charge is 2.33. The molecule has 0 aromatic heterocycles. The summed E-state index contributed by atoms with van der Waals surface area (Å²) in [6.45, 7) is 13.4. The van der Waals surface area contributed by atoms with Gasteiger partial charge in [0.15, 0.2) is 11.5 Å². The Hall–Kier alpha value is -1.05. The van der Waals surface area contributed by atoms with Crippen LogP contribution in [0.25, 0.3) is 0 Å². The van der Waals surface area contributed by atoms with Crippen LogP contribution in [0.5, 0.6) is 11.5 Å². The minimum Gasteiger partial charge on any atom is -0.540 e. The molecule has 0 spiro atoms. The van der Waals surface area contributed by atoms with Gasteiger partial charge in [0.1, 0.15) is 6.61 Å². The summed E-state index contributed by atoms with van der Waals surface area (Å²) in [5, 5.41) is 0. The van der Waals surface area contributed by atoms with E-state index in [1.807, 2.05) is 18.2 Å². The van der Waals surface area contributed by atoms with Crippen molar-refractivity contribution >= 4 is 43.0 Å². The van der Waals surface area contributed by atoms with Crippen LogP contribution in [0.1, 0.15) is 37.5 Å². The third-order valence-electron chi connectivity index (χ3n) is 5.61. The van der Waals surface area contributed by atoms with E-state index in [0.717, 1.165) is 51.1 Å². The third-order valence-corrected chi connectivity index (χ3v) is 8.12. The summed E-state index contributed by atoms with van der Waals surface area (Å²) in [7, 11) is -2.31. The fraction of sp³-hybridized carbons (Fsp3) is 0.520. The van der Waals surface area contributed by atoms with E-state index in [1.54, 1.807) is 0 Å². The summed E-state index contributed by atoms with van der Waals surface area (Å²) in [6.07, 6.45) is 0.677. The van der Waals surface area contributed by atoms with E-state index in [9.17, 15) is 4.21 Å². The van der Waals surface area contributed by atoms with Gasteiger partial charge >= 0.3 is 0 Å². The summed E-state index contributed by atoms with van der Waals surface area (Å²) < 4.78 is 26.6. The Morgan fingerprint density at radius 1 is 1.03 bits per heavy atom. The first-order valence-electron chi connectivity index (χ1n) is 11.3. The first-order chi connectivity index (χ1) is 15.7. The van der Waals surface area contributed by atoms with Crippen molar-refractivity contribution in [1.29, 1.82) is 0 Å².